The number of nitrogens with one attached hydrogen (secondary N) is 1. The summed E-state index contributed by atoms with van der Waals surface area (Å²) < 4.78 is 37.0. The Morgan fingerprint density at radius 3 is 2.43 bits per heavy atom. The normalized spacial score (nSPS) is 15.4. The summed E-state index contributed by atoms with van der Waals surface area (Å²) in [5.41, 5.74) is 1.22. The first-order chi connectivity index (χ1) is 14.5. The van der Waals surface area contributed by atoms with Gasteiger partial charge in [0.15, 0.2) is 11.6 Å². The average Bonchev–Trinajstić information content (AvgIpc) is 2.77. The van der Waals surface area contributed by atoms with E-state index in [0.717, 1.165) is 23.4 Å². The molecule has 3 rings (SSSR count). The predicted octanol–water partition coefficient (Wildman–Crippen LogP) is 2.27. The Hall–Kier alpha value is -2.84. The fraction of sp³-hybridized carbons (Fsp3) is 0.364. The van der Waals surface area contributed by atoms with Crippen molar-refractivity contribution in [3.63, 3.8) is 0 Å². The Morgan fingerprint density at radius 2 is 1.80 bits per heavy atom. The van der Waals surface area contributed by atoms with E-state index in [4.69, 9.17) is 9.47 Å². The fourth-order valence-electron chi connectivity index (χ4n) is 3.38. The minimum Gasteiger partial charge on any atom is -0.497 e. The second-order valence-corrected chi connectivity index (χ2v) is 7.00. The maximum absolute atomic E-state index is 13.3. The predicted molar refractivity (Wildman–Crippen MR) is 106 cm³/mol. The van der Waals surface area contributed by atoms with Gasteiger partial charge in [0.25, 0.3) is 5.91 Å². The SMILES string of the molecule is COc1ccc(C(CNC(=O)C(=O)Cc2ccc(F)c(F)c2)N2CCOCC2)cc1. The zero-order valence-corrected chi connectivity index (χ0v) is 16.7. The van der Waals surface area contributed by atoms with Gasteiger partial charge in [-0.25, -0.2) is 8.78 Å². The van der Waals surface area contributed by atoms with Crippen molar-refractivity contribution in [1.82, 2.24) is 10.2 Å². The zero-order chi connectivity index (χ0) is 21.5. The van der Waals surface area contributed by atoms with Crippen molar-refractivity contribution in [2.75, 3.05) is 40.0 Å². The summed E-state index contributed by atoms with van der Waals surface area (Å²) in [7, 11) is 1.59. The van der Waals surface area contributed by atoms with Gasteiger partial charge in [-0.05, 0) is 35.4 Å². The lowest BCUT2D eigenvalue weighted by Crippen LogP contribution is -2.45. The van der Waals surface area contributed by atoms with Crippen LogP contribution in [0.1, 0.15) is 17.2 Å². The molecular weight excluding hydrogens is 394 g/mol. The molecule has 0 aliphatic carbocycles. The lowest BCUT2D eigenvalue weighted by molar-refractivity contribution is -0.137. The molecule has 1 heterocycles. The molecule has 1 fully saturated rings. The summed E-state index contributed by atoms with van der Waals surface area (Å²) in [6.45, 7) is 2.82. The van der Waals surface area contributed by atoms with Crippen LogP contribution < -0.4 is 10.1 Å². The van der Waals surface area contributed by atoms with E-state index in [-0.39, 0.29) is 24.6 Å². The molecule has 0 radical (unpaired) electrons. The summed E-state index contributed by atoms with van der Waals surface area (Å²) in [6, 6.07) is 10.6. The molecule has 0 saturated carbocycles. The van der Waals surface area contributed by atoms with Crippen molar-refractivity contribution in [1.29, 1.82) is 0 Å². The number of hydrogen-bond donors (Lipinski definition) is 1. The first kappa shape index (κ1) is 21.9. The van der Waals surface area contributed by atoms with E-state index >= 15 is 0 Å². The number of rotatable bonds is 8. The molecule has 1 atom stereocenters. The fourth-order valence-corrected chi connectivity index (χ4v) is 3.38. The van der Waals surface area contributed by atoms with Crippen LogP contribution in [0.3, 0.4) is 0 Å². The highest BCUT2D eigenvalue weighted by Gasteiger charge is 2.24. The van der Waals surface area contributed by atoms with E-state index in [1.54, 1.807) is 7.11 Å². The zero-order valence-electron chi connectivity index (χ0n) is 16.7. The van der Waals surface area contributed by atoms with Gasteiger partial charge in [0, 0.05) is 26.1 Å². The third-order valence-electron chi connectivity index (χ3n) is 5.04. The summed E-state index contributed by atoms with van der Waals surface area (Å²) in [6.07, 6.45) is -0.298. The van der Waals surface area contributed by atoms with Crippen molar-refractivity contribution in [3.8, 4) is 5.75 Å². The van der Waals surface area contributed by atoms with Crippen molar-refractivity contribution < 1.29 is 27.8 Å². The minimum absolute atomic E-state index is 0.139. The molecule has 0 spiro atoms. The largest absolute Gasteiger partial charge is 0.497 e. The third-order valence-corrected chi connectivity index (χ3v) is 5.04. The third kappa shape index (κ3) is 5.61. The van der Waals surface area contributed by atoms with Crippen LogP contribution in [0.4, 0.5) is 8.78 Å². The molecule has 8 heteroatoms. The molecule has 2 aromatic rings. The molecular formula is C22H24F2N2O4. The Labute approximate surface area is 173 Å². The molecule has 2 aromatic carbocycles. The number of halogens is 2. The van der Waals surface area contributed by atoms with Gasteiger partial charge in [-0.3, -0.25) is 14.5 Å². The Balaban J connectivity index is 1.65. The number of Topliss-reactive ketones (excluding diaryl/α,β-unsaturated/α-hetero) is 1. The molecule has 0 aromatic heterocycles. The van der Waals surface area contributed by atoms with Crippen LogP contribution in [0.25, 0.3) is 0 Å². The van der Waals surface area contributed by atoms with Gasteiger partial charge in [0.05, 0.1) is 26.4 Å². The number of benzene rings is 2. The number of nitrogens with zero attached hydrogens (tertiary/aromatic N) is 1. The van der Waals surface area contributed by atoms with Gasteiger partial charge < -0.3 is 14.8 Å². The van der Waals surface area contributed by atoms with Crippen LogP contribution in [-0.2, 0) is 20.7 Å². The number of methoxy groups -OCH3 is 1. The number of carbonyl (C=O) groups is 2. The van der Waals surface area contributed by atoms with Crippen LogP contribution >= 0.6 is 0 Å². The Kier molecular flexibility index (Phi) is 7.48. The van der Waals surface area contributed by atoms with E-state index in [1.807, 2.05) is 24.3 Å². The molecule has 1 aliphatic rings. The lowest BCUT2D eigenvalue weighted by Gasteiger charge is -2.35. The van der Waals surface area contributed by atoms with Crippen molar-refractivity contribution in [2.24, 2.45) is 0 Å². The molecule has 1 amide bonds. The lowest BCUT2D eigenvalue weighted by atomic mass is 10.0. The maximum atomic E-state index is 13.3. The smallest absolute Gasteiger partial charge is 0.287 e. The maximum Gasteiger partial charge on any atom is 0.287 e. The molecule has 0 bridgehead atoms. The first-order valence-corrected chi connectivity index (χ1v) is 9.68. The number of carbonyl (C=O) groups excluding carboxylic acids is 2. The van der Waals surface area contributed by atoms with E-state index in [1.165, 1.54) is 6.07 Å². The molecule has 30 heavy (non-hydrogen) atoms. The second-order valence-electron chi connectivity index (χ2n) is 7.00. The number of hydrogen-bond acceptors (Lipinski definition) is 5. The van der Waals surface area contributed by atoms with Crippen LogP contribution in [0, 0.1) is 11.6 Å². The molecule has 1 unspecified atom stereocenters. The van der Waals surface area contributed by atoms with E-state index in [9.17, 15) is 18.4 Å². The Bertz CT molecular complexity index is 883. The summed E-state index contributed by atoms with van der Waals surface area (Å²) in [4.78, 5) is 26.8. The topological polar surface area (TPSA) is 67.9 Å². The van der Waals surface area contributed by atoms with Gasteiger partial charge >= 0.3 is 0 Å². The number of amides is 1. The minimum atomic E-state index is -1.05. The highest BCUT2D eigenvalue weighted by molar-refractivity contribution is 6.36. The van der Waals surface area contributed by atoms with E-state index < -0.39 is 23.3 Å². The molecule has 1 N–H and O–H groups in total. The molecule has 6 nitrogen and oxygen atoms in total. The quantitative estimate of drug-likeness (QED) is 0.667. The van der Waals surface area contributed by atoms with Gasteiger partial charge in [-0.2, -0.15) is 0 Å². The van der Waals surface area contributed by atoms with Crippen LogP contribution in [0.15, 0.2) is 42.5 Å². The van der Waals surface area contributed by atoms with Crippen molar-refractivity contribution >= 4 is 11.7 Å². The van der Waals surface area contributed by atoms with Gasteiger partial charge in [0.2, 0.25) is 5.78 Å². The van der Waals surface area contributed by atoms with Crippen molar-refractivity contribution in [2.45, 2.75) is 12.5 Å². The number of morpholine rings is 1. The number of ether oxygens (including phenoxy) is 2. The second kappa shape index (κ2) is 10.3. The highest BCUT2D eigenvalue weighted by atomic mass is 19.2. The monoisotopic (exact) mass is 418 g/mol. The van der Waals surface area contributed by atoms with Gasteiger partial charge in [0.1, 0.15) is 5.75 Å². The summed E-state index contributed by atoms with van der Waals surface area (Å²) in [5.74, 6) is -2.79. The molecule has 160 valence electrons. The van der Waals surface area contributed by atoms with Crippen LogP contribution in [0.2, 0.25) is 0 Å². The standard InChI is InChI=1S/C22H24F2N2O4/c1-29-17-5-3-16(4-6-17)20(26-8-10-30-11-9-26)14-25-22(28)21(27)13-15-2-7-18(23)19(24)12-15/h2-7,12,20H,8-11,13-14H2,1H3,(H,25,28). The van der Waals surface area contributed by atoms with Crippen LogP contribution in [0.5, 0.6) is 5.75 Å². The van der Waals surface area contributed by atoms with Gasteiger partial charge in [-0.15, -0.1) is 0 Å². The summed E-state index contributed by atoms with van der Waals surface area (Å²) >= 11 is 0. The van der Waals surface area contributed by atoms with Crippen LogP contribution in [-0.4, -0.2) is 56.5 Å². The number of ketones is 1. The highest BCUT2D eigenvalue weighted by Crippen LogP contribution is 2.23. The first-order valence-electron chi connectivity index (χ1n) is 9.68. The van der Waals surface area contributed by atoms with Crippen molar-refractivity contribution in [3.05, 3.63) is 65.2 Å². The summed E-state index contributed by atoms with van der Waals surface area (Å²) in [5, 5.41) is 2.68. The Morgan fingerprint density at radius 1 is 1.10 bits per heavy atom. The van der Waals surface area contributed by atoms with E-state index in [0.29, 0.717) is 26.3 Å². The van der Waals surface area contributed by atoms with E-state index in [2.05, 4.69) is 10.2 Å². The van der Waals surface area contributed by atoms with Gasteiger partial charge in [-0.1, -0.05) is 18.2 Å². The molecule has 1 aliphatic heterocycles. The average molecular weight is 418 g/mol. The molecule has 1 saturated heterocycles.